The molecule has 0 fully saturated rings. The molecule has 0 spiro atoms. The van der Waals surface area contributed by atoms with Crippen LogP contribution >= 0.6 is 11.3 Å². The fraction of sp³-hybridized carbons (Fsp3) is 0.800. The highest BCUT2D eigenvalue weighted by molar-refractivity contribution is 7.15. The zero-order valence-corrected chi connectivity index (χ0v) is 14.1. The van der Waals surface area contributed by atoms with Crippen LogP contribution in [-0.2, 0) is 11.2 Å². The average molecular weight is 297 g/mol. The minimum absolute atomic E-state index is 0.0828. The number of hydrogen-bond acceptors (Lipinski definition) is 4. The van der Waals surface area contributed by atoms with Crippen molar-refractivity contribution in [3.05, 3.63) is 5.01 Å². The van der Waals surface area contributed by atoms with E-state index < -0.39 is 0 Å². The molecule has 1 rings (SSSR count). The minimum atomic E-state index is 0.0828. The van der Waals surface area contributed by atoms with E-state index in [1.54, 1.807) is 0 Å². The van der Waals surface area contributed by atoms with E-state index in [1.807, 2.05) is 0 Å². The Labute approximate surface area is 126 Å². The van der Waals surface area contributed by atoms with Crippen molar-refractivity contribution in [1.29, 1.82) is 0 Å². The lowest BCUT2D eigenvalue weighted by Gasteiger charge is -2.15. The van der Waals surface area contributed by atoms with Crippen molar-refractivity contribution in [2.45, 2.75) is 66.7 Å². The standard InChI is InChI=1S/C15H27N3OS/c1-6-8-9-11(7-2)13(19)16-14-18-17-12(20-14)10-15(3,4)5/h11H,6-10H2,1-5H3,(H,16,18,19). The molecule has 0 aliphatic carbocycles. The Balaban J connectivity index is 2.57. The summed E-state index contributed by atoms with van der Waals surface area (Å²) in [6, 6.07) is 0. The highest BCUT2D eigenvalue weighted by Crippen LogP contribution is 2.25. The first-order valence-electron chi connectivity index (χ1n) is 7.49. The van der Waals surface area contributed by atoms with Gasteiger partial charge in [-0.1, -0.05) is 58.8 Å². The number of hydrogen-bond donors (Lipinski definition) is 1. The quantitative estimate of drug-likeness (QED) is 0.817. The van der Waals surface area contributed by atoms with Gasteiger partial charge in [0, 0.05) is 12.3 Å². The SMILES string of the molecule is CCCCC(CC)C(=O)Nc1nnc(CC(C)(C)C)s1. The molecular weight excluding hydrogens is 270 g/mol. The Morgan fingerprint density at radius 1 is 1.30 bits per heavy atom. The molecule has 1 N–H and O–H groups in total. The third kappa shape index (κ3) is 5.99. The van der Waals surface area contributed by atoms with Crippen LogP contribution < -0.4 is 5.32 Å². The van der Waals surface area contributed by atoms with E-state index in [4.69, 9.17) is 0 Å². The number of amides is 1. The van der Waals surface area contributed by atoms with Gasteiger partial charge in [0.05, 0.1) is 0 Å². The third-order valence-corrected chi connectivity index (χ3v) is 3.99. The highest BCUT2D eigenvalue weighted by atomic mass is 32.1. The van der Waals surface area contributed by atoms with Crippen LogP contribution in [0.5, 0.6) is 0 Å². The van der Waals surface area contributed by atoms with E-state index in [9.17, 15) is 4.79 Å². The first-order valence-corrected chi connectivity index (χ1v) is 8.30. The second-order valence-corrected chi connectivity index (χ2v) is 7.54. The molecule has 1 atom stereocenters. The molecule has 0 saturated heterocycles. The van der Waals surface area contributed by atoms with Crippen molar-refractivity contribution in [3.8, 4) is 0 Å². The highest BCUT2D eigenvalue weighted by Gasteiger charge is 2.19. The van der Waals surface area contributed by atoms with Crippen molar-refractivity contribution >= 4 is 22.4 Å². The molecule has 0 aromatic carbocycles. The van der Waals surface area contributed by atoms with Crippen molar-refractivity contribution in [1.82, 2.24) is 10.2 Å². The number of carbonyl (C=O) groups excluding carboxylic acids is 1. The van der Waals surface area contributed by atoms with Gasteiger partial charge in [-0.3, -0.25) is 4.79 Å². The van der Waals surface area contributed by atoms with E-state index in [0.717, 1.165) is 37.1 Å². The number of carbonyl (C=O) groups is 1. The predicted molar refractivity (Wildman–Crippen MR) is 85.0 cm³/mol. The van der Waals surface area contributed by atoms with E-state index in [1.165, 1.54) is 11.3 Å². The molecule has 1 aromatic heterocycles. The van der Waals surface area contributed by atoms with Crippen molar-refractivity contribution in [2.75, 3.05) is 5.32 Å². The van der Waals surface area contributed by atoms with Gasteiger partial charge in [0.25, 0.3) is 0 Å². The van der Waals surface area contributed by atoms with E-state index in [2.05, 4.69) is 50.1 Å². The van der Waals surface area contributed by atoms with Gasteiger partial charge in [-0.15, -0.1) is 10.2 Å². The summed E-state index contributed by atoms with van der Waals surface area (Å²) in [5.41, 5.74) is 0.188. The number of nitrogens with one attached hydrogen (secondary N) is 1. The Bertz CT molecular complexity index is 423. The zero-order valence-electron chi connectivity index (χ0n) is 13.3. The van der Waals surface area contributed by atoms with Gasteiger partial charge < -0.3 is 5.32 Å². The van der Waals surface area contributed by atoms with E-state index in [-0.39, 0.29) is 17.2 Å². The molecule has 5 heteroatoms. The van der Waals surface area contributed by atoms with Crippen LogP contribution in [0.4, 0.5) is 5.13 Å². The van der Waals surface area contributed by atoms with Gasteiger partial charge in [-0.25, -0.2) is 0 Å². The summed E-state index contributed by atoms with van der Waals surface area (Å²) >= 11 is 1.49. The van der Waals surface area contributed by atoms with Crippen molar-refractivity contribution in [3.63, 3.8) is 0 Å². The third-order valence-electron chi connectivity index (χ3n) is 3.15. The summed E-state index contributed by atoms with van der Waals surface area (Å²) in [6.07, 6.45) is 4.93. The molecule has 1 heterocycles. The fourth-order valence-electron chi connectivity index (χ4n) is 2.01. The largest absolute Gasteiger partial charge is 0.300 e. The fourth-order valence-corrected chi connectivity index (χ4v) is 3.05. The molecule has 1 aromatic rings. The summed E-state index contributed by atoms with van der Waals surface area (Å²) in [5.74, 6) is 0.171. The van der Waals surface area contributed by atoms with Crippen LogP contribution in [0.1, 0.15) is 65.3 Å². The average Bonchev–Trinajstić information content (AvgIpc) is 2.75. The Hall–Kier alpha value is -0.970. The monoisotopic (exact) mass is 297 g/mol. The molecular formula is C15H27N3OS. The minimum Gasteiger partial charge on any atom is -0.300 e. The van der Waals surface area contributed by atoms with Gasteiger partial charge in [-0.2, -0.15) is 0 Å². The molecule has 0 radical (unpaired) electrons. The summed E-state index contributed by atoms with van der Waals surface area (Å²) in [7, 11) is 0. The summed E-state index contributed by atoms with van der Waals surface area (Å²) in [6.45, 7) is 10.7. The smallest absolute Gasteiger partial charge is 0.229 e. The number of aromatic nitrogens is 2. The van der Waals surface area contributed by atoms with E-state index >= 15 is 0 Å². The Morgan fingerprint density at radius 3 is 2.55 bits per heavy atom. The second-order valence-electron chi connectivity index (χ2n) is 6.48. The number of rotatable bonds is 7. The second kappa shape index (κ2) is 7.72. The van der Waals surface area contributed by atoms with Crippen molar-refractivity contribution in [2.24, 2.45) is 11.3 Å². The predicted octanol–water partition coefficient (Wildman–Crippen LogP) is 4.28. The Kier molecular flexibility index (Phi) is 6.59. The molecule has 20 heavy (non-hydrogen) atoms. The molecule has 0 aliphatic rings. The maximum Gasteiger partial charge on any atom is 0.229 e. The number of anilines is 1. The zero-order chi connectivity index (χ0) is 15.2. The van der Waals surface area contributed by atoms with Crippen LogP contribution in [0.2, 0.25) is 0 Å². The van der Waals surface area contributed by atoms with Crippen molar-refractivity contribution < 1.29 is 4.79 Å². The summed E-state index contributed by atoms with van der Waals surface area (Å²) in [5, 5.41) is 12.8. The number of nitrogens with zero attached hydrogens (tertiary/aromatic N) is 2. The van der Waals surface area contributed by atoms with Gasteiger partial charge in [0.1, 0.15) is 5.01 Å². The van der Waals surface area contributed by atoms with Gasteiger partial charge >= 0.3 is 0 Å². The maximum absolute atomic E-state index is 12.2. The number of unbranched alkanes of at least 4 members (excludes halogenated alkanes) is 1. The van der Waals surface area contributed by atoms with Gasteiger partial charge in [-0.05, 0) is 18.3 Å². The van der Waals surface area contributed by atoms with Crippen LogP contribution in [0.25, 0.3) is 0 Å². The molecule has 0 saturated carbocycles. The molecule has 0 bridgehead atoms. The van der Waals surface area contributed by atoms with Gasteiger partial charge in [0.15, 0.2) is 0 Å². The lowest BCUT2D eigenvalue weighted by Crippen LogP contribution is -2.22. The first kappa shape index (κ1) is 17.1. The van der Waals surface area contributed by atoms with Crippen LogP contribution in [0.15, 0.2) is 0 Å². The van der Waals surface area contributed by atoms with Crippen LogP contribution in [-0.4, -0.2) is 16.1 Å². The molecule has 0 aliphatic heterocycles. The molecule has 4 nitrogen and oxygen atoms in total. The summed E-state index contributed by atoms with van der Waals surface area (Å²) in [4.78, 5) is 12.2. The molecule has 1 amide bonds. The lowest BCUT2D eigenvalue weighted by molar-refractivity contribution is -0.120. The van der Waals surface area contributed by atoms with Crippen LogP contribution in [0.3, 0.4) is 0 Å². The van der Waals surface area contributed by atoms with E-state index in [0.29, 0.717) is 5.13 Å². The Morgan fingerprint density at radius 2 is 2.00 bits per heavy atom. The normalized spacial score (nSPS) is 13.2. The first-order chi connectivity index (χ1) is 9.35. The lowest BCUT2D eigenvalue weighted by atomic mass is 9.93. The molecule has 114 valence electrons. The van der Waals surface area contributed by atoms with Crippen LogP contribution in [0, 0.1) is 11.3 Å². The topological polar surface area (TPSA) is 54.9 Å². The summed E-state index contributed by atoms with van der Waals surface area (Å²) < 4.78 is 0. The maximum atomic E-state index is 12.2. The van der Waals surface area contributed by atoms with Gasteiger partial charge in [0.2, 0.25) is 11.0 Å². The molecule has 1 unspecified atom stereocenters.